The van der Waals surface area contributed by atoms with Gasteiger partial charge in [-0.15, -0.1) is 22.9 Å². The monoisotopic (exact) mass is 655 g/mol. The molecule has 0 aromatic carbocycles. The van der Waals surface area contributed by atoms with Crippen molar-refractivity contribution in [2.75, 3.05) is 32.8 Å². The summed E-state index contributed by atoms with van der Waals surface area (Å²) in [6.07, 6.45) is 16.3. The topological polar surface area (TPSA) is 90.2 Å². The molecule has 1 aromatic heterocycles. The number of hydrogen-bond donors (Lipinski definition) is 3. The first-order valence-electron chi connectivity index (χ1n) is 16.3. The summed E-state index contributed by atoms with van der Waals surface area (Å²) in [5.41, 5.74) is -0.0779. The highest BCUT2D eigenvalue weighted by Crippen LogP contribution is 2.49. The number of carbonyl (C=O) groups excluding carboxylic acids is 1. The van der Waals surface area contributed by atoms with Crippen LogP contribution in [0, 0.1) is 29.1 Å². The van der Waals surface area contributed by atoms with E-state index in [1.54, 1.807) is 11.3 Å². The third kappa shape index (κ3) is 10.0. The van der Waals surface area contributed by atoms with Gasteiger partial charge < -0.3 is 25.0 Å². The molecule has 2 aliphatic carbocycles. The van der Waals surface area contributed by atoms with Crippen molar-refractivity contribution in [3.63, 3.8) is 0 Å². The minimum atomic E-state index is -0.476. The number of aliphatic hydroxyl groups is 3. The molecule has 1 saturated heterocycles. The molecule has 0 bridgehead atoms. The van der Waals surface area contributed by atoms with Crippen LogP contribution in [0.3, 0.4) is 0 Å². The van der Waals surface area contributed by atoms with Gasteiger partial charge in [0.2, 0.25) is 0 Å². The number of allylic oxidation sites excluding steroid dienone is 2. The normalized spacial score (nSPS) is 30.2. The SMILES string of the molecule is CCN1C[C@H](CO)C[C@@H](COC(=O)CCC/C=C\C[C@@H]2[C@@H](/C=C/CC(O)C3(Cc4ccc(Cl)s4)CCC3)[C@H](O)C[C@H]2Cl)C1. The lowest BCUT2D eigenvalue weighted by Crippen LogP contribution is -2.43. The van der Waals surface area contributed by atoms with Gasteiger partial charge in [0.05, 0.1) is 23.2 Å². The van der Waals surface area contributed by atoms with Crippen LogP contribution in [0.15, 0.2) is 36.4 Å². The number of thiophene rings is 1. The number of alkyl halides is 1. The van der Waals surface area contributed by atoms with Crippen LogP contribution in [0.4, 0.5) is 0 Å². The summed E-state index contributed by atoms with van der Waals surface area (Å²) < 4.78 is 6.36. The summed E-state index contributed by atoms with van der Waals surface area (Å²) in [5.74, 6) is 0.502. The molecule has 4 rings (SSSR count). The number of ether oxygens (including phenoxy) is 1. The van der Waals surface area contributed by atoms with Gasteiger partial charge >= 0.3 is 5.97 Å². The molecule has 3 N–H and O–H groups in total. The largest absolute Gasteiger partial charge is 0.465 e. The highest BCUT2D eigenvalue weighted by atomic mass is 35.5. The number of unbranched alkanes of at least 4 members (excludes halogenated alkanes) is 1. The molecule has 7 atom stereocenters. The van der Waals surface area contributed by atoms with Gasteiger partial charge in [0, 0.05) is 53.6 Å². The Morgan fingerprint density at radius 1 is 1.21 bits per heavy atom. The van der Waals surface area contributed by atoms with Crippen LogP contribution in [0.25, 0.3) is 0 Å². The predicted molar refractivity (Wildman–Crippen MR) is 176 cm³/mol. The standard InChI is InChI=1S/C34H51Cl2NO5S/c1-2-37-20-24(22-38)17-25(21-37)23-42-33(41)12-6-4-3-5-9-27-28(30(39)18-29(27)35)10-7-11-31(40)34(15-8-16-34)19-26-13-14-32(36)43-26/h3,5,7,10,13-14,24-25,27-31,38-40H,2,4,6,8-9,11-12,15-23H2,1H3/b5-3-,10-7+/t24-,25-,27-,28-,29-,30-,31?/m1/s1. The number of rotatable bonds is 16. The van der Waals surface area contributed by atoms with Gasteiger partial charge in [-0.3, -0.25) is 4.79 Å². The minimum Gasteiger partial charge on any atom is -0.465 e. The second kappa shape index (κ2) is 17.1. The number of likely N-dealkylation sites (tertiary alicyclic amines) is 1. The Labute approximate surface area is 272 Å². The Morgan fingerprint density at radius 2 is 2.00 bits per heavy atom. The maximum Gasteiger partial charge on any atom is 0.305 e. The zero-order chi connectivity index (χ0) is 30.8. The van der Waals surface area contributed by atoms with Crippen LogP contribution in [0.5, 0.6) is 0 Å². The first-order valence-corrected chi connectivity index (χ1v) is 17.9. The van der Waals surface area contributed by atoms with Crippen LogP contribution < -0.4 is 0 Å². The molecule has 1 aromatic rings. The molecule has 6 nitrogen and oxygen atoms in total. The Bertz CT molecular complexity index is 1050. The van der Waals surface area contributed by atoms with E-state index in [0.717, 1.165) is 75.3 Å². The molecule has 0 radical (unpaired) electrons. The Hall–Kier alpha value is -0.930. The quantitative estimate of drug-likeness (QED) is 0.0801. The Morgan fingerprint density at radius 3 is 2.67 bits per heavy atom. The van der Waals surface area contributed by atoms with Gasteiger partial charge in [0.25, 0.3) is 0 Å². The molecule has 242 valence electrons. The van der Waals surface area contributed by atoms with Crippen molar-refractivity contribution >= 4 is 40.5 Å². The van der Waals surface area contributed by atoms with Gasteiger partial charge in [0.15, 0.2) is 0 Å². The summed E-state index contributed by atoms with van der Waals surface area (Å²) in [4.78, 5) is 15.8. The summed E-state index contributed by atoms with van der Waals surface area (Å²) in [6.45, 7) is 5.53. The number of aliphatic hydroxyl groups excluding tert-OH is 3. The molecule has 0 spiro atoms. The molecule has 3 aliphatic rings. The van der Waals surface area contributed by atoms with Crippen molar-refractivity contribution in [1.82, 2.24) is 4.90 Å². The van der Waals surface area contributed by atoms with E-state index in [2.05, 4.69) is 36.1 Å². The zero-order valence-electron chi connectivity index (χ0n) is 25.6. The van der Waals surface area contributed by atoms with Crippen molar-refractivity contribution < 1.29 is 24.9 Å². The number of esters is 1. The summed E-state index contributed by atoms with van der Waals surface area (Å²) in [6, 6.07) is 4.00. The molecule has 2 heterocycles. The highest BCUT2D eigenvalue weighted by Gasteiger charge is 2.43. The van der Waals surface area contributed by atoms with Gasteiger partial charge in [-0.1, -0.05) is 49.2 Å². The van der Waals surface area contributed by atoms with E-state index in [1.165, 1.54) is 4.88 Å². The fourth-order valence-corrected chi connectivity index (χ4v) is 8.98. The Kier molecular flexibility index (Phi) is 13.9. The van der Waals surface area contributed by atoms with Crippen LogP contribution in [0.1, 0.15) is 76.0 Å². The lowest BCUT2D eigenvalue weighted by molar-refractivity contribution is -0.146. The first-order chi connectivity index (χ1) is 20.7. The summed E-state index contributed by atoms with van der Waals surface area (Å²) >= 11 is 14.4. The Balaban J connectivity index is 1.16. The van der Waals surface area contributed by atoms with Crippen molar-refractivity contribution in [2.45, 2.75) is 95.1 Å². The summed E-state index contributed by atoms with van der Waals surface area (Å²) in [5, 5.41) is 31.3. The number of halogens is 2. The van der Waals surface area contributed by atoms with Crippen molar-refractivity contribution in [3.8, 4) is 0 Å². The van der Waals surface area contributed by atoms with Gasteiger partial charge in [-0.2, -0.15) is 0 Å². The molecule has 2 saturated carbocycles. The van der Waals surface area contributed by atoms with Crippen LogP contribution in [-0.2, 0) is 16.0 Å². The van der Waals surface area contributed by atoms with E-state index < -0.39 is 12.2 Å². The van der Waals surface area contributed by atoms with Crippen LogP contribution in [-0.4, -0.2) is 76.6 Å². The third-order valence-electron chi connectivity index (χ3n) is 10.0. The zero-order valence-corrected chi connectivity index (χ0v) is 27.9. The smallest absolute Gasteiger partial charge is 0.305 e. The van der Waals surface area contributed by atoms with E-state index >= 15 is 0 Å². The van der Waals surface area contributed by atoms with E-state index in [1.807, 2.05) is 12.1 Å². The maximum absolute atomic E-state index is 12.3. The molecule has 43 heavy (non-hydrogen) atoms. The van der Waals surface area contributed by atoms with E-state index in [9.17, 15) is 20.1 Å². The van der Waals surface area contributed by atoms with Crippen LogP contribution in [0.2, 0.25) is 4.34 Å². The lowest BCUT2D eigenvalue weighted by atomic mass is 9.62. The van der Waals surface area contributed by atoms with E-state index in [4.69, 9.17) is 27.9 Å². The number of hydrogen-bond acceptors (Lipinski definition) is 7. The molecular formula is C34H51Cl2NO5S. The number of piperidine rings is 1. The molecule has 3 fully saturated rings. The fraction of sp³-hybridized carbons (Fsp3) is 0.735. The van der Waals surface area contributed by atoms with Crippen molar-refractivity contribution in [2.24, 2.45) is 29.1 Å². The van der Waals surface area contributed by atoms with Crippen molar-refractivity contribution in [1.29, 1.82) is 0 Å². The molecule has 0 amide bonds. The third-order valence-corrected chi connectivity index (χ3v) is 11.7. The average molecular weight is 657 g/mol. The van der Waals surface area contributed by atoms with Gasteiger partial charge in [-0.25, -0.2) is 0 Å². The van der Waals surface area contributed by atoms with Crippen molar-refractivity contribution in [3.05, 3.63) is 45.7 Å². The van der Waals surface area contributed by atoms with Gasteiger partial charge in [0.1, 0.15) is 0 Å². The van der Waals surface area contributed by atoms with Crippen LogP contribution >= 0.6 is 34.5 Å². The molecular weight excluding hydrogens is 605 g/mol. The average Bonchev–Trinajstić information content (AvgIpc) is 3.51. The number of nitrogens with zero attached hydrogens (tertiary/aromatic N) is 1. The van der Waals surface area contributed by atoms with E-state index in [0.29, 0.717) is 25.9 Å². The maximum atomic E-state index is 12.3. The highest BCUT2D eigenvalue weighted by molar-refractivity contribution is 7.16. The predicted octanol–water partition coefficient (Wildman–Crippen LogP) is 6.64. The van der Waals surface area contributed by atoms with E-state index in [-0.39, 0.29) is 47.0 Å². The number of carbonyl (C=O) groups is 1. The first kappa shape index (κ1) is 34.9. The second-order valence-corrected chi connectivity index (χ2v) is 15.5. The minimum absolute atomic E-state index is 0.0309. The molecule has 1 aliphatic heterocycles. The second-order valence-electron chi connectivity index (χ2n) is 13.1. The summed E-state index contributed by atoms with van der Waals surface area (Å²) in [7, 11) is 0. The lowest BCUT2D eigenvalue weighted by Gasteiger charge is -2.45. The van der Waals surface area contributed by atoms with Gasteiger partial charge in [-0.05, 0) is 88.3 Å². The fourth-order valence-electron chi connectivity index (χ4n) is 7.29. The molecule has 1 unspecified atom stereocenters. The molecule has 9 heteroatoms.